The van der Waals surface area contributed by atoms with E-state index in [-0.39, 0.29) is 5.56 Å². The van der Waals surface area contributed by atoms with E-state index < -0.39 is 23.4 Å². The van der Waals surface area contributed by atoms with E-state index >= 15 is 8.78 Å². The van der Waals surface area contributed by atoms with Gasteiger partial charge in [0, 0.05) is 33.8 Å². The number of amides is 2. The van der Waals surface area contributed by atoms with Gasteiger partial charge < -0.3 is 21.3 Å². The monoisotopic (exact) mass is 528 g/mol. The molecule has 4 N–H and O–H groups in total. The van der Waals surface area contributed by atoms with Crippen LogP contribution in [0.1, 0.15) is 26.3 Å². The summed E-state index contributed by atoms with van der Waals surface area (Å²) in [6, 6.07) is 17.9. The first-order valence-corrected chi connectivity index (χ1v) is 12.2. The van der Waals surface area contributed by atoms with Gasteiger partial charge in [0.15, 0.2) is 0 Å². The Morgan fingerprint density at radius 3 is 1.59 bits per heavy atom. The van der Waals surface area contributed by atoms with Crippen LogP contribution in [0.15, 0.2) is 66.7 Å². The summed E-state index contributed by atoms with van der Waals surface area (Å²) in [5.74, 6) is -2.22. The van der Waals surface area contributed by atoms with Gasteiger partial charge in [0.2, 0.25) is 11.8 Å². The van der Waals surface area contributed by atoms with Crippen LogP contribution in [0.2, 0.25) is 0 Å². The molecular formula is C31H30F2N4O2. The smallest absolute Gasteiger partial charge is 0.249 e. The van der Waals surface area contributed by atoms with Crippen molar-refractivity contribution >= 4 is 23.2 Å². The minimum atomic E-state index is -0.729. The number of nitrogens with zero attached hydrogens (tertiary/aromatic N) is 2. The minimum absolute atomic E-state index is 0.152. The summed E-state index contributed by atoms with van der Waals surface area (Å²) in [5, 5.41) is 0. The van der Waals surface area contributed by atoms with Crippen molar-refractivity contribution < 1.29 is 18.4 Å². The van der Waals surface area contributed by atoms with Gasteiger partial charge in [0.25, 0.3) is 0 Å². The molecule has 0 unspecified atom stereocenters. The zero-order valence-electron chi connectivity index (χ0n) is 22.5. The standard InChI is InChI=1S/C31H30F2N4O2/c1-17-22(18-6-8-19(9-7-18)30(34)38)16-23(20-10-12-26(36(2)3)24(32)14-20)29(31(35)39)28(17)21-11-13-27(37(4)5)25(33)15-21/h6-16H,1-5H3,(H2,34,38)(H2,35,39). The molecule has 200 valence electrons. The van der Waals surface area contributed by atoms with Crippen LogP contribution in [-0.2, 0) is 0 Å². The van der Waals surface area contributed by atoms with Gasteiger partial charge in [-0.15, -0.1) is 0 Å². The normalized spacial score (nSPS) is 10.8. The fourth-order valence-corrected chi connectivity index (χ4v) is 4.80. The first-order chi connectivity index (χ1) is 18.4. The van der Waals surface area contributed by atoms with Crippen LogP contribution in [0.4, 0.5) is 20.2 Å². The average Bonchev–Trinajstić information content (AvgIpc) is 2.87. The summed E-state index contributed by atoms with van der Waals surface area (Å²) >= 11 is 0. The number of anilines is 2. The molecule has 0 saturated heterocycles. The molecule has 4 rings (SSSR count). The summed E-state index contributed by atoms with van der Waals surface area (Å²) in [5.41, 5.74) is 16.4. The molecule has 0 aromatic heterocycles. The van der Waals surface area contributed by atoms with Crippen LogP contribution in [0.3, 0.4) is 0 Å². The lowest BCUT2D eigenvalue weighted by Gasteiger charge is -2.22. The van der Waals surface area contributed by atoms with Crippen LogP contribution in [-0.4, -0.2) is 40.0 Å². The van der Waals surface area contributed by atoms with E-state index in [4.69, 9.17) is 11.5 Å². The molecule has 0 aliphatic heterocycles. The van der Waals surface area contributed by atoms with Crippen molar-refractivity contribution in [1.82, 2.24) is 0 Å². The maximum atomic E-state index is 15.1. The number of rotatable bonds is 7. The maximum absolute atomic E-state index is 15.1. The van der Waals surface area contributed by atoms with Gasteiger partial charge in [-0.3, -0.25) is 9.59 Å². The SMILES string of the molecule is Cc1c(-c2ccc(C(N)=O)cc2)cc(-c2ccc(N(C)C)c(F)c2)c(C(N)=O)c1-c1ccc(N(C)C)c(F)c1. The Bertz CT molecular complexity index is 1600. The van der Waals surface area contributed by atoms with Crippen LogP contribution in [0, 0.1) is 18.6 Å². The Balaban J connectivity index is 2.09. The second-order valence-corrected chi connectivity index (χ2v) is 9.77. The summed E-state index contributed by atoms with van der Waals surface area (Å²) < 4.78 is 30.2. The molecular weight excluding hydrogens is 498 g/mol. The van der Waals surface area contributed by atoms with Crippen LogP contribution < -0.4 is 21.3 Å². The van der Waals surface area contributed by atoms with Gasteiger partial charge >= 0.3 is 0 Å². The van der Waals surface area contributed by atoms with E-state index in [0.717, 1.165) is 5.56 Å². The molecule has 8 heteroatoms. The average molecular weight is 529 g/mol. The van der Waals surface area contributed by atoms with Crippen molar-refractivity contribution in [2.75, 3.05) is 38.0 Å². The third-order valence-electron chi connectivity index (χ3n) is 6.77. The lowest BCUT2D eigenvalue weighted by Crippen LogP contribution is -2.16. The Morgan fingerprint density at radius 2 is 1.13 bits per heavy atom. The molecule has 0 aliphatic carbocycles. The van der Waals surface area contributed by atoms with E-state index in [2.05, 4.69) is 0 Å². The second-order valence-electron chi connectivity index (χ2n) is 9.77. The number of halogens is 2. The summed E-state index contributed by atoms with van der Waals surface area (Å²) in [4.78, 5) is 27.9. The Morgan fingerprint density at radius 1 is 0.641 bits per heavy atom. The molecule has 39 heavy (non-hydrogen) atoms. The third-order valence-corrected chi connectivity index (χ3v) is 6.77. The van der Waals surface area contributed by atoms with E-state index in [0.29, 0.717) is 50.3 Å². The fourth-order valence-electron chi connectivity index (χ4n) is 4.80. The molecule has 0 spiro atoms. The Labute approximate surface area is 226 Å². The molecule has 0 radical (unpaired) electrons. The van der Waals surface area contributed by atoms with Crippen LogP contribution in [0.5, 0.6) is 0 Å². The quantitative estimate of drug-likeness (QED) is 0.326. The van der Waals surface area contributed by atoms with Crippen LogP contribution in [0.25, 0.3) is 33.4 Å². The number of nitrogens with two attached hydrogens (primary N) is 2. The van der Waals surface area contributed by atoms with Gasteiger partial charge in [0.1, 0.15) is 11.6 Å². The Hall–Kier alpha value is -4.72. The highest BCUT2D eigenvalue weighted by Crippen LogP contribution is 2.42. The molecule has 4 aromatic carbocycles. The second kappa shape index (κ2) is 10.6. The maximum Gasteiger partial charge on any atom is 0.249 e. The predicted octanol–water partition coefficient (Wildman–Crippen LogP) is 5.60. The van der Waals surface area contributed by atoms with Crippen molar-refractivity contribution in [1.29, 1.82) is 0 Å². The molecule has 2 amide bonds. The highest BCUT2D eigenvalue weighted by molar-refractivity contribution is 6.08. The molecule has 0 heterocycles. The molecule has 0 aliphatic rings. The van der Waals surface area contributed by atoms with Crippen molar-refractivity contribution in [2.24, 2.45) is 11.5 Å². The van der Waals surface area contributed by atoms with E-state index in [1.807, 2.05) is 6.92 Å². The third kappa shape index (κ3) is 5.18. The van der Waals surface area contributed by atoms with Crippen molar-refractivity contribution in [3.05, 3.63) is 95.1 Å². The zero-order chi connectivity index (χ0) is 28.6. The number of primary amides is 2. The van der Waals surface area contributed by atoms with E-state index in [9.17, 15) is 9.59 Å². The van der Waals surface area contributed by atoms with E-state index in [1.165, 1.54) is 12.1 Å². The van der Waals surface area contributed by atoms with Gasteiger partial charge in [-0.05, 0) is 88.3 Å². The summed E-state index contributed by atoms with van der Waals surface area (Å²) in [6.45, 7) is 1.82. The van der Waals surface area contributed by atoms with Crippen molar-refractivity contribution in [3.63, 3.8) is 0 Å². The highest BCUT2D eigenvalue weighted by atomic mass is 19.1. The van der Waals surface area contributed by atoms with Crippen molar-refractivity contribution in [3.8, 4) is 33.4 Å². The molecule has 0 atom stereocenters. The predicted molar refractivity (Wildman–Crippen MR) is 153 cm³/mol. The fraction of sp³-hybridized carbons (Fsp3) is 0.161. The van der Waals surface area contributed by atoms with Gasteiger partial charge in [-0.2, -0.15) is 0 Å². The Kier molecular flexibility index (Phi) is 7.40. The zero-order valence-corrected chi connectivity index (χ0v) is 22.5. The number of hydrogen-bond acceptors (Lipinski definition) is 4. The van der Waals surface area contributed by atoms with Gasteiger partial charge in [-0.25, -0.2) is 8.78 Å². The minimum Gasteiger partial charge on any atom is -0.375 e. The van der Waals surface area contributed by atoms with E-state index in [1.54, 1.807) is 92.6 Å². The first-order valence-electron chi connectivity index (χ1n) is 12.2. The lowest BCUT2D eigenvalue weighted by atomic mass is 9.83. The largest absolute Gasteiger partial charge is 0.375 e. The van der Waals surface area contributed by atoms with Crippen LogP contribution >= 0.6 is 0 Å². The molecule has 0 fully saturated rings. The molecule has 6 nitrogen and oxygen atoms in total. The molecule has 4 aromatic rings. The number of carbonyl (C=O) groups excluding carboxylic acids is 2. The van der Waals surface area contributed by atoms with Crippen molar-refractivity contribution in [2.45, 2.75) is 6.92 Å². The summed E-state index contributed by atoms with van der Waals surface area (Å²) in [6.07, 6.45) is 0. The first kappa shape index (κ1) is 27.3. The highest BCUT2D eigenvalue weighted by Gasteiger charge is 2.24. The number of hydrogen-bond donors (Lipinski definition) is 2. The molecule has 0 saturated carbocycles. The topological polar surface area (TPSA) is 92.7 Å². The lowest BCUT2D eigenvalue weighted by molar-refractivity contribution is 0.0992. The summed E-state index contributed by atoms with van der Waals surface area (Å²) in [7, 11) is 6.94. The molecule has 0 bridgehead atoms. The van der Waals surface area contributed by atoms with Gasteiger partial charge in [0.05, 0.1) is 16.9 Å². The number of benzene rings is 4. The number of carbonyl (C=O) groups is 2. The van der Waals surface area contributed by atoms with Gasteiger partial charge in [-0.1, -0.05) is 24.3 Å².